The summed E-state index contributed by atoms with van der Waals surface area (Å²) in [7, 11) is -2.52. The Kier molecular flexibility index (Phi) is 2.75. The van der Waals surface area contributed by atoms with Gasteiger partial charge >= 0.3 is 0 Å². The second-order valence-electron chi connectivity index (χ2n) is 6.71. The number of benzene rings is 1. The van der Waals surface area contributed by atoms with Gasteiger partial charge in [0.1, 0.15) is 0 Å². The maximum Gasteiger partial charge on any atom is 0.160 e. The van der Waals surface area contributed by atoms with E-state index < -0.39 is 16.1 Å². The molecule has 2 rings (SSSR count). The number of carbonyl (C=O) groups excluding carboxylic acids is 1. The topological polar surface area (TPSA) is 17.1 Å². The number of Topliss-reactive ketones (excluding diaryl/α,β-unsaturated/α-hetero) is 1. The van der Waals surface area contributed by atoms with Gasteiger partial charge in [-0.25, -0.2) is 0 Å². The minimum absolute atomic E-state index is 0.210. The quantitative estimate of drug-likeness (QED) is 0.561. The van der Waals surface area contributed by atoms with Crippen LogP contribution in [0.15, 0.2) is 12.1 Å². The minimum Gasteiger partial charge on any atom is -0.295 e. The molecule has 0 saturated carbocycles. The average Bonchev–Trinajstić information content (AvgIpc) is 2.30. The number of fused-ring (bicyclic) bond motifs is 1. The fourth-order valence-corrected chi connectivity index (χ4v) is 18.6. The van der Waals surface area contributed by atoms with Gasteiger partial charge < -0.3 is 0 Å². The highest BCUT2D eigenvalue weighted by Crippen LogP contribution is 2.27. The molecule has 0 amide bonds. The fourth-order valence-electron chi connectivity index (χ4n) is 3.50. The largest absolute Gasteiger partial charge is 0.295 e. The Balaban J connectivity index is 2.72. The van der Waals surface area contributed by atoms with E-state index in [-0.39, 0.29) is 5.78 Å². The molecule has 0 bridgehead atoms. The third kappa shape index (κ3) is 1.95. The average molecular weight is 263 g/mol. The molecule has 1 aromatic carbocycles. The van der Waals surface area contributed by atoms with E-state index in [0.29, 0.717) is 0 Å². The number of hydrogen-bond donors (Lipinski definition) is 0. The Bertz CT molecular complexity index is 501. The van der Waals surface area contributed by atoms with Gasteiger partial charge in [-0.3, -0.25) is 4.79 Å². The van der Waals surface area contributed by atoms with Gasteiger partial charge in [0.15, 0.2) is 5.78 Å². The van der Waals surface area contributed by atoms with E-state index in [0.717, 1.165) is 5.56 Å². The van der Waals surface area contributed by atoms with Crippen molar-refractivity contribution < 1.29 is 4.79 Å². The number of aryl methyl sites for hydroxylation is 1. The first-order valence-electron chi connectivity index (χ1n) is 6.32. The zero-order valence-corrected chi connectivity index (χ0v) is 13.8. The second-order valence-corrected chi connectivity index (χ2v) is 16.7. The lowest BCUT2D eigenvalue weighted by Crippen LogP contribution is -2.44. The summed E-state index contributed by atoms with van der Waals surface area (Å²) in [6.45, 7) is 13.6. The summed E-state index contributed by atoms with van der Waals surface area (Å²) in [5.74, 6) is 0.210. The zero-order chi connectivity index (χ0) is 13.0. The fraction of sp³-hybridized carbons (Fsp3) is 0.500. The van der Waals surface area contributed by atoms with E-state index >= 15 is 0 Å². The van der Waals surface area contributed by atoms with E-state index in [9.17, 15) is 4.79 Å². The molecule has 0 atom stereocenters. The third-order valence-electron chi connectivity index (χ3n) is 4.09. The molecule has 17 heavy (non-hydrogen) atoms. The molecule has 92 valence electrons. The van der Waals surface area contributed by atoms with E-state index in [1.54, 1.807) is 17.3 Å². The van der Waals surface area contributed by atoms with Crippen LogP contribution in [0.3, 0.4) is 0 Å². The Morgan fingerprint density at radius 2 is 1.53 bits per heavy atom. The van der Waals surface area contributed by atoms with E-state index in [1.807, 2.05) is 0 Å². The van der Waals surface area contributed by atoms with Crippen LogP contribution in [0.2, 0.25) is 31.9 Å². The van der Waals surface area contributed by atoms with Crippen molar-refractivity contribution in [2.24, 2.45) is 0 Å². The predicted molar refractivity (Wildman–Crippen MR) is 80.2 cm³/mol. The summed E-state index contributed by atoms with van der Waals surface area (Å²) in [6.07, 6.45) is 0. The molecule has 0 fully saturated rings. The standard InChI is InChI=1S/C14H22OSi2/c1-10-7-13-14(8-12(10)11(2)15)17(5,6)9-16(13,3)4/h7-8H,9H2,1-6H3. The highest BCUT2D eigenvalue weighted by atomic mass is 28.4. The normalized spacial score (nSPS) is 20.1. The summed E-state index contributed by atoms with van der Waals surface area (Å²) >= 11 is 0. The summed E-state index contributed by atoms with van der Waals surface area (Å²) in [5.41, 5.74) is 3.54. The number of ketones is 1. The summed E-state index contributed by atoms with van der Waals surface area (Å²) in [6, 6.07) is 4.54. The van der Waals surface area contributed by atoms with Crippen molar-refractivity contribution in [2.75, 3.05) is 0 Å². The van der Waals surface area contributed by atoms with Gasteiger partial charge in [-0.2, -0.15) is 0 Å². The SMILES string of the molecule is CC(=O)c1cc2c(cc1C)[Si](C)(C)C[Si]2(C)C. The lowest BCUT2D eigenvalue weighted by molar-refractivity contribution is 0.101. The molecule has 0 spiro atoms. The van der Waals surface area contributed by atoms with Gasteiger partial charge in [-0.1, -0.05) is 54.4 Å². The van der Waals surface area contributed by atoms with Crippen LogP contribution in [0.25, 0.3) is 0 Å². The van der Waals surface area contributed by atoms with Crippen molar-refractivity contribution >= 4 is 32.3 Å². The summed E-state index contributed by atoms with van der Waals surface area (Å²) in [5, 5.41) is 3.18. The first-order valence-corrected chi connectivity index (χ1v) is 12.7. The highest BCUT2D eigenvalue weighted by molar-refractivity contribution is 7.14. The maximum atomic E-state index is 11.7. The molecule has 3 heteroatoms. The van der Waals surface area contributed by atoms with E-state index in [2.05, 4.69) is 45.2 Å². The molecule has 0 aliphatic carbocycles. The maximum absolute atomic E-state index is 11.7. The van der Waals surface area contributed by atoms with Crippen LogP contribution in [0, 0.1) is 6.92 Å². The van der Waals surface area contributed by atoms with Crippen LogP contribution in [0.1, 0.15) is 22.8 Å². The molecule has 1 aliphatic heterocycles. The molecule has 0 unspecified atom stereocenters. The number of carbonyl (C=O) groups is 1. The predicted octanol–water partition coefficient (Wildman–Crippen LogP) is 2.58. The zero-order valence-electron chi connectivity index (χ0n) is 11.8. The van der Waals surface area contributed by atoms with Gasteiger partial charge in [0.05, 0.1) is 16.1 Å². The highest BCUT2D eigenvalue weighted by Gasteiger charge is 2.44. The van der Waals surface area contributed by atoms with Crippen molar-refractivity contribution in [3.05, 3.63) is 23.3 Å². The monoisotopic (exact) mass is 262 g/mol. The Labute approximate surface area is 106 Å². The van der Waals surface area contributed by atoms with Crippen LogP contribution in [-0.4, -0.2) is 21.9 Å². The van der Waals surface area contributed by atoms with Gasteiger partial charge in [-0.05, 0) is 19.4 Å². The molecule has 0 saturated heterocycles. The van der Waals surface area contributed by atoms with Crippen LogP contribution in [0.4, 0.5) is 0 Å². The lowest BCUT2D eigenvalue weighted by atomic mass is 10.1. The molecule has 1 aliphatic rings. The van der Waals surface area contributed by atoms with Crippen LogP contribution < -0.4 is 10.4 Å². The molecule has 0 N–H and O–H groups in total. The van der Waals surface area contributed by atoms with Crippen molar-refractivity contribution in [3.8, 4) is 0 Å². The van der Waals surface area contributed by atoms with Gasteiger partial charge in [0.25, 0.3) is 0 Å². The first-order chi connectivity index (χ1) is 7.65. The molecule has 0 radical (unpaired) electrons. The van der Waals surface area contributed by atoms with Gasteiger partial charge in [0.2, 0.25) is 0 Å². The third-order valence-corrected chi connectivity index (χ3v) is 15.2. The minimum atomic E-state index is -1.29. The van der Waals surface area contributed by atoms with E-state index in [1.165, 1.54) is 11.2 Å². The van der Waals surface area contributed by atoms with Crippen molar-refractivity contribution in [1.82, 2.24) is 0 Å². The number of rotatable bonds is 1. The van der Waals surface area contributed by atoms with Gasteiger partial charge in [-0.15, -0.1) is 0 Å². The number of hydrogen-bond acceptors (Lipinski definition) is 1. The molecular weight excluding hydrogens is 240 g/mol. The van der Waals surface area contributed by atoms with Crippen LogP contribution in [-0.2, 0) is 0 Å². The van der Waals surface area contributed by atoms with Crippen molar-refractivity contribution in [2.45, 2.75) is 45.7 Å². The Morgan fingerprint density at radius 1 is 1.06 bits per heavy atom. The van der Waals surface area contributed by atoms with Crippen LogP contribution in [0.5, 0.6) is 0 Å². The van der Waals surface area contributed by atoms with Crippen molar-refractivity contribution in [3.63, 3.8) is 0 Å². The first kappa shape index (κ1) is 12.8. The molecule has 0 aromatic heterocycles. The second kappa shape index (κ2) is 3.66. The van der Waals surface area contributed by atoms with E-state index in [4.69, 9.17) is 0 Å². The molecule has 1 nitrogen and oxygen atoms in total. The summed E-state index contributed by atoms with van der Waals surface area (Å²) in [4.78, 5) is 11.7. The smallest absolute Gasteiger partial charge is 0.160 e. The Hall–Kier alpha value is -0.676. The molecule has 1 heterocycles. The van der Waals surface area contributed by atoms with Crippen LogP contribution >= 0.6 is 0 Å². The molecule has 1 aromatic rings. The Morgan fingerprint density at radius 3 is 2.00 bits per heavy atom. The van der Waals surface area contributed by atoms with Crippen molar-refractivity contribution in [1.29, 1.82) is 0 Å². The van der Waals surface area contributed by atoms with Gasteiger partial charge in [0, 0.05) is 5.56 Å². The lowest BCUT2D eigenvalue weighted by Gasteiger charge is -2.19. The summed E-state index contributed by atoms with van der Waals surface area (Å²) < 4.78 is 0. The molecular formula is C14H22OSi2.